The topological polar surface area (TPSA) is 123 Å². The number of hydrogen-bond donors (Lipinski definition) is 2. The summed E-state index contributed by atoms with van der Waals surface area (Å²) in [6, 6.07) is 16.2. The molecule has 2 aromatic carbocycles. The number of nitrogens with zero attached hydrogens (tertiary/aromatic N) is 5. The number of ether oxygens (including phenoxy) is 1. The maximum Gasteiger partial charge on any atom is 0.253 e. The van der Waals surface area contributed by atoms with Crippen molar-refractivity contribution in [2.24, 2.45) is 0 Å². The SMILES string of the molecule is CCNC(=O)c1ccc(N2CCOCC2)cc1N(c1ccc(C(=O)NCC#N)cc1)c1ncccn1. The quantitative estimate of drug-likeness (QED) is 0.467. The zero-order chi connectivity index (χ0) is 25.3. The Morgan fingerprint density at radius 2 is 1.78 bits per heavy atom. The van der Waals surface area contributed by atoms with Crippen LogP contribution in [0.4, 0.5) is 23.0 Å². The number of carbonyl (C=O) groups is 2. The van der Waals surface area contributed by atoms with Crippen LogP contribution in [0.2, 0.25) is 0 Å². The van der Waals surface area contributed by atoms with Crippen LogP contribution in [0.3, 0.4) is 0 Å². The maximum atomic E-state index is 13.1. The van der Waals surface area contributed by atoms with E-state index in [1.165, 1.54) is 0 Å². The molecule has 2 heterocycles. The van der Waals surface area contributed by atoms with Crippen LogP contribution in [0.25, 0.3) is 0 Å². The van der Waals surface area contributed by atoms with E-state index in [1.54, 1.807) is 47.6 Å². The van der Waals surface area contributed by atoms with Gasteiger partial charge in [0.15, 0.2) is 0 Å². The van der Waals surface area contributed by atoms with E-state index < -0.39 is 0 Å². The number of hydrogen-bond acceptors (Lipinski definition) is 8. The van der Waals surface area contributed by atoms with Crippen molar-refractivity contribution >= 4 is 34.8 Å². The summed E-state index contributed by atoms with van der Waals surface area (Å²) in [5.74, 6) is -0.179. The standard InChI is InChI=1S/C26H27N7O3/c1-2-28-25(35)22-9-8-21(32-14-16-36-17-15-32)18-23(22)33(26-30-11-3-12-31-26)20-6-4-19(5-7-20)24(34)29-13-10-27/h3-9,11-12,18H,2,13-17H2,1H3,(H,28,35)(H,29,34). The van der Waals surface area contributed by atoms with Gasteiger partial charge in [-0.05, 0) is 55.5 Å². The second kappa shape index (κ2) is 11.8. The minimum atomic E-state index is -0.345. The van der Waals surface area contributed by atoms with Crippen molar-refractivity contribution in [1.29, 1.82) is 5.26 Å². The third-order valence-electron chi connectivity index (χ3n) is 5.65. The van der Waals surface area contributed by atoms with Gasteiger partial charge in [0.2, 0.25) is 5.95 Å². The number of aromatic nitrogens is 2. The van der Waals surface area contributed by atoms with E-state index in [1.807, 2.05) is 31.2 Å². The lowest BCUT2D eigenvalue weighted by molar-refractivity contribution is 0.0949. The summed E-state index contributed by atoms with van der Waals surface area (Å²) in [6.07, 6.45) is 3.27. The molecule has 0 spiro atoms. The number of rotatable bonds is 8. The Balaban J connectivity index is 1.82. The van der Waals surface area contributed by atoms with Gasteiger partial charge in [-0.2, -0.15) is 5.26 Å². The highest BCUT2D eigenvalue weighted by atomic mass is 16.5. The van der Waals surface area contributed by atoms with Gasteiger partial charge >= 0.3 is 0 Å². The van der Waals surface area contributed by atoms with Crippen LogP contribution in [0.15, 0.2) is 60.9 Å². The molecule has 0 atom stereocenters. The summed E-state index contributed by atoms with van der Waals surface area (Å²) < 4.78 is 5.50. The first-order valence-electron chi connectivity index (χ1n) is 11.7. The molecule has 4 rings (SSSR count). The summed E-state index contributed by atoms with van der Waals surface area (Å²) in [7, 11) is 0. The molecule has 10 heteroatoms. The third kappa shape index (κ3) is 5.59. The summed E-state index contributed by atoms with van der Waals surface area (Å²) in [5.41, 5.74) is 3.11. The third-order valence-corrected chi connectivity index (χ3v) is 5.65. The van der Waals surface area contributed by atoms with E-state index in [9.17, 15) is 9.59 Å². The molecule has 0 bridgehead atoms. The molecule has 1 aromatic heterocycles. The van der Waals surface area contributed by atoms with Gasteiger partial charge in [0.05, 0.1) is 30.5 Å². The van der Waals surface area contributed by atoms with E-state index in [0.29, 0.717) is 48.2 Å². The molecular formula is C26H27N7O3. The van der Waals surface area contributed by atoms with E-state index >= 15 is 0 Å². The summed E-state index contributed by atoms with van der Waals surface area (Å²) in [6.45, 7) is 5.03. The van der Waals surface area contributed by atoms with Gasteiger partial charge in [0.1, 0.15) is 6.54 Å². The normalized spacial score (nSPS) is 12.9. The molecule has 36 heavy (non-hydrogen) atoms. The number of morpholine rings is 1. The Morgan fingerprint density at radius 3 is 2.44 bits per heavy atom. The van der Waals surface area contributed by atoms with Crippen molar-refractivity contribution in [1.82, 2.24) is 20.6 Å². The molecular weight excluding hydrogens is 458 g/mol. The van der Waals surface area contributed by atoms with Crippen molar-refractivity contribution in [3.05, 3.63) is 72.1 Å². The van der Waals surface area contributed by atoms with Crippen LogP contribution in [0.1, 0.15) is 27.6 Å². The summed E-state index contributed by atoms with van der Waals surface area (Å²) in [4.78, 5) is 38.3. The van der Waals surface area contributed by atoms with Gasteiger partial charge in [-0.25, -0.2) is 9.97 Å². The fourth-order valence-corrected chi connectivity index (χ4v) is 3.92. The lowest BCUT2D eigenvalue weighted by Crippen LogP contribution is -2.36. The van der Waals surface area contributed by atoms with Gasteiger partial charge in [-0.1, -0.05) is 0 Å². The predicted molar refractivity (Wildman–Crippen MR) is 136 cm³/mol. The average Bonchev–Trinajstić information content (AvgIpc) is 2.93. The molecule has 10 nitrogen and oxygen atoms in total. The molecule has 3 aromatic rings. The predicted octanol–water partition coefficient (Wildman–Crippen LogP) is 2.79. The molecule has 1 aliphatic rings. The highest BCUT2D eigenvalue weighted by Gasteiger charge is 2.24. The van der Waals surface area contributed by atoms with Crippen molar-refractivity contribution in [3.63, 3.8) is 0 Å². The Morgan fingerprint density at radius 1 is 1.06 bits per heavy atom. The second-order valence-corrected chi connectivity index (χ2v) is 7.93. The minimum Gasteiger partial charge on any atom is -0.378 e. The first-order valence-corrected chi connectivity index (χ1v) is 11.7. The monoisotopic (exact) mass is 485 g/mol. The molecule has 0 aliphatic carbocycles. The van der Waals surface area contributed by atoms with Crippen molar-refractivity contribution in [3.8, 4) is 6.07 Å². The minimum absolute atomic E-state index is 0.0746. The van der Waals surface area contributed by atoms with Gasteiger partial charge in [0.25, 0.3) is 11.8 Å². The Hall–Kier alpha value is -4.49. The van der Waals surface area contributed by atoms with Crippen LogP contribution in [-0.4, -0.2) is 61.2 Å². The number of nitrogens with one attached hydrogen (secondary N) is 2. The molecule has 0 unspecified atom stereocenters. The van der Waals surface area contributed by atoms with Gasteiger partial charge in [-0.15, -0.1) is 0 Å². The number of anilines is 4. The largest absolute Gasteiger partial charge is 0.378 e. The molecule has 0 saturated carbocycles. The van der Waals surface area contributed by atoms with Gasteiger partial charge < -0.3 is 20.3 Å². The van der Waals surface area contributed by atoms with Crippen LogP contribution >= 0.6 is 0 Å². The van der Waals surface area contributed by atoms with Gasteiger partial charge in [-0.3, -0.25) is 14.5 Å². The number of benzene rings is 2. The number of amides is 2. The molecule has 2 N–H and O–H groups in total. The highest BCUT2D eigenvalue weighted by Crippen LogP contribution is 2.37. The highest BCUT2D eigenvalue weighted by molar-refractivity contribution is 6.02. The molecule has 1 saturated heterocycles. The maximum absolute atomic E-state index is 13.1. The first kappa shape index (κ1) is 24.6. The molecule has 0 radical (unpaired) electrons. The lowest BCUT2D eigenvalue weighted by Gasteiger charge is -2.31. The van der Waals surface area contributed by atoms with E-state index in [-0.39, 0.29) is 18.4 Å². The van der Waals surface area contributed by atoms with E-state index in [0.717, 1.165) is 18.8 Å². The Labute approximate surface area is 209 Å². The smallest absolute Gasteiger partial charge is 0.253 e. The molecule has 184 valence electrons. The molecule has 2 amide bonds. The van der Waals surface area contributed by atoms with Crippen LogP contribution in [-0.2, 0) is 4.74 Å². The Bertz CT molecular complexity index is 1240. The first-order chi connectivity index (χ1) is 17.6. The Kier molecular flexibility index (Phi) is 8.05. The van der Waals surface area contributed by atoms with Crippen LogP contribution < -0.4 is 20.4 Å². The molecule has 1 aliphatic heterocycles. The number of carbonyl (C=O) groups excluding carboxylic acids is 2. The van der Waals surface area contributed by atoms with Crippen LogP contribution in [0.5, 0.6) is 0 Å². The molecule has 1 fully saturated rings. The summed E-state index contributed by atoms with van der Waals surface area (Å²) in [5, 5.41) is 14.1. The zero-order valence-electron chi connectivity index (χ0n) is 20.0. The van der Waals surface area contributed by atoms with Crippen molar-refractivity contribution in [2.75, 3.05) is 49.2 Å². The average molecular weight is 486 g/mol. The van der Waals surface area contributed by atoms with Crippen molar-refractivity contribution < 1.29 is 14.3 Å². The van der Waals surface area contributed by atoms with Crippen LogP contribution in [0, 0.1) is 11.3 Å². The van der Waals surface area contributed by atoms with E-state index in [2.05, 4.69) is 25.5 Å². The zero-order valence-corrected chi connectivity index (χ0v) is 20.0. The number of nitriles is 1. The van der Waals surface area contributed by atoms with Gasteiger partial charge in [0, 0.05) is 49.0 Å². The van der Waals surface area contributed by atoms with Crippen molar-refractivity contribution in [2.45, 2.75) is 6.92 Å². The fourth-order valence-electron chi connectivity index (χ4n) is 3.92. The fraction of sp³-hybridized carbons (Fsp3) is 0.269. The van der Waals surface area contributed by atoms with E-state index in [4.69, 9.17) is 10.00 Å². The second-order valence-electron chi connectivity index (χ2n) is 7.93. The summed E-state index contributed by atoms with van der Waals surface area (Å²) >= 11 is 0. The lowest BCUT2D eigenvalue weighted by atomic mass is 10.1.